The maximum absolute atomic E-state index is 5.31. The predicted octanol–water partition coefficient (Wildman–Crippen LogP) is 3.01. The van der Waals surface area contributed by atoms with E-state index in [1.54, 1.807) is 7.11 Å². The summed E-state index contributed by atoms with van der Waals surface area (Å²) in [6.07, 6.45) is 0. The molecule has 1 heterocycles. The lowest BCUT2D eigenvalue weighted by molar-refractivity contribution is 0.401. The van der Waals surface area contributed by atoms with Crippen molar-refractivity contribution >= 4 is 15.9 Å². The number of aromatic nitrogens is 2. The Hall–Kier alpha value is -1.40. The van der Waals surface area contributed by atoms with E-state index in [0.717, 1.165) is 10.0 Å². The molecule has 2 aromatic rings. The van der Waals surface area contributed by atoms with Crippen molar-refractivity contribution in [3.63, 3.8) is 0 Å². The minimum atomic E-state index is 0.379. The number of nitrogens with zero attached hydrogens (tertiary/aromatic N) is 2. The van der Waals surface area contributed by atoms with Gasteiger partial charge in [-0.3, -0.25) is 0 Å². The maximum Gasteiger partial charge on any atom is 0.261 e. The van der Waals surface area contributed by atoms with Gasteiger partial charge in [0.05, 0.1) is 19.2 Å². The van der Waals surface area contributed by atoms with Crippen LogP contribution in [0.2, 0.25) is 0 Å². The fourth-order valence-electron chi connectivity index (χ4n) is 1.57. The highest BCUT2D eigenvalue weighted by atomic mass is 79.9. The molecule has 2 rings (SSSR count). The fourth-order valence-corrected chi connectivity index (χ4v) is 1.91. The number of nitrogens with one attached hydrogen (secondary N) is 1. The van der Waals surface area contributed by atoms with E-state index in [4.69, 9.17) is 9.26 Å². The average molecular weight is 326 g/mol. The molecule has 1 N–H and O–H groups in total. The molecule has 0 saturated heterocycles. The van der Waals surface area contributed by atoms with E-state index in [1.165, 1.54) is 0 Å². The minimum absolute atomic E-state index is 0.379. The molecule has 0 unspecified atom stereocenters. The van der Waals surface area contributed by atoms with Crippen molar-refractivity contribution in [1.29, 1.82) is 0 Å². The largest absolute Gasteiger partial charge is 0.496 e. The van der Waals surface area contributed by atoms with Crippen molar-refractivity contribution in [3.05, 3.63) is 28.5 Å². The summed E-state index contributed by atoms with van der Waals surface area (Å²) in [6.45, 7) is 4.72. The molecule has 1 aromatic carbocycles. The van der Waals surface area contributed by atoms with Gasteiger partial charge in [-0.15, -0.1) is 0 Å². The first kappa shape index (κ1) is 14.0. The molecular formula is C13H16BrN3O2. The van der Waals surface area contributed by atoms with Gasteiger partial charge in [0.1, 0.15) is 5.75 Å². The highest BCUT2D eigenvalue weighted by Gasteiger charge is 2.14. The lowest BCUT2D eigenvalue weighted by Gasteiger charge is -2.05. The van der Waals surface area contributed by atoms with Crippen LogP contribution < -0.4 is 10.1 Å². The predicted molar refractivity (Wildman–Crippen MR) is 76.0 cm³/mol. The summed E-state index contributed by atoms with van der Waals surface area (Å²) in [5, 5.41) is 7.19. The zero-order chi connectivity index (χ0) is 13.8. The van der Waals surface area contributed by atoms with Crippen LogP contribution in [0.5, 0.6) is 5.75 Å². The third-order valence-corrected chi connectivity index (χ3v) is 3.02. The molecule has 0 bridgehead atoms. The van der Waals surface area contributed by atoms with Crippen LogP contribution in [0, 0.1) is 0 Å². The Morgan fingerprint density at radius 1 is 1.42 bits per heavy atom. The molecule has 0 aliphatic carbocycles. The van der Waals surface area contributed by atoms with Crippen LogP contribution in [-0.4, -0.2) is 23.3 Å². The first-order valence-electron chi connectivity index (χ1n) is 6.00. The van der Waals surface area contributed by atoms with Crippen LogP contribution in [-0.2, 0) is 6.54 Å². The van der Waals surface area contributed by atoms with Crippen LogP contribution in [0.4, 0.5) is 0 Å². The molecule has 0 fully saturated rings. The SMILES string of the molecule is COc1cc(Br)ccc1-c1nc(CNC(C)C)no1. The van der Waals surface area contributed by atoms with Crippen molar-refractivity contribution < 1.29 is 9.26 Å². The van der Waals surface area contributed by atoms with E-state index in [0.29, 0.717) is 30.1 Å². The Kier molecular flexibility index (Phi) is 4.55. The van der Waals surface area contributed by atoms with E-state index >= 15 is 0 Å². The quantitative estimate of drug-likeness (QED) is 0.915. The molecule has 0 spiro atoms. The van der Waals surface area contributed by atoms with Gasteiger partial charge in [-0.2, -0.15) is 4.98 Å². The maximum atomic E-state index is 5.31. The number of benzene rings is 1. The van der Waals surface area contributed by atoms with Gasteiger partial charge in [-0.1, -0.05) is 34.9 Å². The topological polar surface area (TPSA) is 60.2 Å². The smallest absolute Gasteiger partial charge is 0.261 e. The molecule has 0 saturated carbocycles. The molecule has 0 aliphatic rings. The third-order valence-electron chi connectivity index (χ3n) is 2.53. The molecule has 0 radical (unpaired) electrons. The Morgan fingerprint density at radius 3 is 2.89 bits per heavy atom. The third kappa shape index (κ3) is 3.54. The number of rotatable bonds is 5. The molecule has 102 valence electrons. The summed E-state index contributed by atoms with van der Waals surface area (Å²) in [4.78, 5) is 4.36. The van der Waals surface area contributed by atoms with Crippen molar-refractivity contribution in [3.8, 4) is 17.2 Å². The van der Waals surface area contributed by atoms with Gasteiger partial charge in [0.25, 0.3) is 5.89 Å². The monoisotopic (exact) mass is 325 g/mol. The molecule has 0 amide bonds. The van der Waals surface area contributed by atoms with Gasteiger partial charge < -0.3 is 14.6 Å². The average Bonchev–Trinajstić information content (AvgIpc) is 2.84. The summed E-state index contributed by atoms with van der Waals surface area (Å²) in [5.74, 6) is 1.79. The number of ether oxygens (including phenoxy) is 1. The summed E-state index contributed by atoms with van der Waals surface area (Å²) in [6, 6.07) is 6.04. The number of hydrogen-bond acceptors (Lipinski definition) is 5. The Morgan fingerprint density at radius 2 is 2.21 bits per heavy atom. The van der Waals surface area contributed by atoms with E-state index in [9.17, 15) is 0 Å². The van der Waals surface area contributed by atoms with Crippen molar-refractivity contribution in [1.82, 2.24) is 15.5 Å². The second-order valence-electron chi connectivity index (χ2n) is 4.40. The van der Waals surface area contributed by atoms with E-state index in [-0.39, 0.29) is 0 Å². The van der Waals surface area contributed by atoms with Crippen LogP contribution >= 0.6 is 15.9 Å². The van der Waals surface area contributed by atoms with Gasteiger partial charge in [-0.25, -0.2) is 0 Å². The molecule has 5 nitrogen and oxygen atoms in total. The first-order chi connectivity index (χ1) is 9.10. The van der Waals surface area contributed by atoms with Crippen LogP contribution in [0.1, 0.15) is 19.7 Å². The summed E-state index contributed by atoms with van der Waals surface area (Å²) in [5.41, 5.74) is 0.786. The van der Waals surface area contributed by atoms with Gasteiger partial charge in [0.2, 0.25) is 0 Å². The lowest BCUT2D eigenvalue weighted by Crippen LogP contribution is -2.22. The van der Waals surface area contributed by atoms with Crippen LogP contribution in [0.25, 0.3) is 11.5 Å². The summed E-state index contributed by atoms with van der Waals surface area (Å²) < 4.78 is 11.5. The number of halogens is 1. The Labute approximate surface area is 120 Å². The highest BCUT2D eigenvalue weighted by Crippen LogP contribution is 2.31. The fraction of sp³-hybridized carbons (Fsp3) is 0.385. The van der Waals surface area contributed by atoms with Gasteiger partial charge in [0.15, 0.2) is 5.82 Å². The van der Waals surface area contributed by atoms with E-state index < -0.39 is 0 Å². The second-order valence-corrected chi connectivity index (χ2v) is 5.31. The Balaban J connectivity index is 2.22. The Bertz CT molecular complexity index is 555. The van der Waals surface area contributed by atoms with Crippen LogP contribution in [0.15, 0.2) is 27.2 Å². The molecule has 0 aliphatic heterocycles. The zero-order valence-electron chi connectivity index (χ0n) is 11.1. The second kappa shape index (κ2) is 6.16. The molecule has 19 heavy (non-hydrogen) atoms. The number of methoxy groups -OCH3 is 1. The van der Waals surface area contributed by atoms with E-state index in [2.05, 4.69) is 45.2 Å². The van der Waals surface area contributed by atoms with Gasteiger partial charge >= 0.3 is 0 Å². The molecule has 1 aromatic heterocycles. The van der Waals surface area contributed by atoms with E-state index in [1.807, 2.05) is 18.2 Å². The minimum Gasteiger partial charge on any atom is -0.496 e. The zero-order valence-corrected chi connectivity index (χ0v) is 12.7. The van der Waals surface area contributed by atoms with Gasteiger partial charge in [-0.05, 0) is 18.2 Å². The first-order valence-corrected chi connectivity index (χ1v) is 6.79. The van der Waals surface area contributed by atoms with Crippen molar-refractivity contribution in [2.75, 3.05) is 7.11 Å². The summed E-state index contributed by atoms with van der Waals surface area (Å²) >= 11 is 3.40. The van der Waals surface area contributed by atoms with Gasteiger partial charge in [0, 0.05) is 10.5 Å². The number of hydrogen-bond donors (Lipinski definition) is 1. The molecule has 0 atom stereocenters. The highest BCUT2D eigenvalue weighted by molar-refractivity contribution is 9.10. The lowest BCUT2D eigenvalue weighted by atomic mass is 10.2. The normalized spacial score (nSPS) is 11.0. The van der Waals surface area contributed by atoms with Crippen molar-refractivity contribution in [2.24, 2.45) is 0 Å². The van der Waals surface area contributed by atoms with Crippen molar-refractivity contribution in [2.45, 2.75) is 26.4 Å². The molecular weight excluding hydrogens is 310 g/mol. The standard InChI is InChI=1S/C13H16BrN3O2/c1-8(2)15-7-12-16-13(19-17-12)10-5-4-9(14)6-11(10)18-3/h4-6,8,15H,7H2,1-3H3. The summed E-state index contributed by atoms with van der Waals surface area (Å²) in [7, 11) is 1.61. The van der Waals surface area contributed by atoms with Crippen LogP contribution in [0.3, 0.4) is 0 Å². The molecule has 6 heteroatoms.